The summed E-state index contributed by atoms with van der Waals surface area (Å²) in [6, 6.07) is 5.16. The Kier molecular flexibility index (Phi) is 12.3. The lowest BCUT2D eigenvalue weighted by Gasteiger charge is -2.30. The van der Waals surface area contributed by atoms with E-state index in [2.05, 4.69) is 20.7 Å². The zero-order valence-corrected chi connectivity index (χ0v) is 36.2. The van der Waals surface area contributed by atoms with Gasteiger partial charge >= 0.3 is 6.09 Å². The summed E-state index contributed by atoms with van der Waals surface area (Å²) in [5.74, 6) is -1.74. The Balaban J connectivity index is 1.23. The van der Waals surface area contributed by atoms with Crippen molar-refractivity contribution in [3.63, 3.8) is 0 Å². The van der Waals surface area contributed by atoms with Crippen LogP contribution in [0.15, 0.2) is 41.8 Å². The number of nitrogens with zero attached hydrogens (tertiary/aromatic N) is 3. The van der Waals surface area contributed by atoms with Crippen LogP contribution in [0.25, 0.3) is 22.2 Å². The number of aromatic nitrogens is 2. The van der Waals surface area contributed by atoms with Crippen LogP contribution in [0.3, 0.4) is 0 Å². The van der Waals surface area contributed by atoms with E-state index in [9.17, 15) is 27.6 Å². The second kappa shape index (κ2) is 17.2. The minimum absolute atomic E-state index is 0.0193. The monoisotopic (exact) mass is 867 g/mol. The number of alkyl carbamates (subject to hydrolysis) is 1. The number of anilines is 1. The molecular formula is C41H53N7O10S2. The third-order valence-electron chi connectivity index (χ3n) is 10.6. The molecule has 17 nitrogen and oxygen atoms in total. The third kappa shape index (κ3) is 9.95. The number of hydrogen-bond acceptors (Lipinski definition) is 14. The number of ether oxygens (including phenoxy) is 4. The Morgan fingerprint density at radius 1 is 1.08 bits per heavy atom. The van der Waals surface area contributed by atoms with Gasteiger partial charge in [0.15, 0.2) is 5.13 Å². The first-order chi connectivity index (χ1) is 28.4. The lowest BCUT2D eigenvalue weighted by molar-refractivity contribution is -0.141. The van der Waals surface area contributed by atoms with E-state index >= 15 is 0 Å². The highest BCUT2D eigenvalue weighted by Crippen LogP contribution is 2.46. The maximum atomic E-state index is 14.6. The van der Waals surface area contributed by atoms with Gasteiger partial charge in [-0.25, -0.2) is 23.2 Å². The van der Waals surface area contributed by atoms with Crippen LogP contribution in [0.2, 0.25) is 0 Å². The first kappa shape index (κ1) is 43.1. The van der Waals surface area contributed by atoms with E-state index in [1.807, 2.05) is 43.5 Å². The molecular weight excluding hydrogens is 815 g/mol. The predicted molar refractivity (Wildman–Crippen MR) is 224 cm³/mol. The van der Waals surface area contributed by atoms with Crippen LogP contribution < -0.4 is 30.1 Å². The van der Waals surface area contributed by atoms with E-state index < -0.39 is 74.3 Å². The van der Waals surface area contributed by atoms with Gasteiger partial charge in [0, 0.05) is 42.2 Å². The van der Waals surface area contributed by atoms with Gasteiger partial charge < -0.3 is 39.8 Å². The number of pyridine rings is 1. The third-order valence-corrected chi connectivity index (χ3v) is 13.2. The number of benzene rings is 1. The predicted octanol–water partition coefficient (Wildman–Crippen LogP) is 4.28. The Morgan fingerprint density at radius 3 is 2.58 bits per heavy atom. The maximum absolute atomic E-state index is 14.6. The molecule has 7 rings (SSSR count). The van der Waals surface area contributed by atoms with Crippen molar-refractivity contribution < 1.29 is 46.5 Å². The van der Waals surface area contributed by atoms with Gasteiger partial charge in [-0.05, 0) is 90.0 Å². The lowest BCUT2D eigenvalue weighted by Crippen LogP contribution is -2.58. The van der Waals surface area contributed by atoms with Crippen molar-refractivity contribution in [1.82, 2.24) is 30.2 Å². The van der Waals surface area contributed by atoms with Gasteiger partial charge in [0.05, 0.1) is 31.2 Å². The van der Waals surface area contributed by atoms with Crippen molar-refractivity contribution in [2.75, 3.05) is 32.2 Å². The van der Waals surface area contributed by atoms with Gasteiger partial charge in [-0.2, -0.15) is 0 Å². The van der Waals surface area contributed by atoms with Crippen LogP contribution in [-0.2, 0) is 33.9 Å². The second-order valence-electron chi connectivity index (χ2n) is 17.0. The number of methoxy groups -OCH3 is 1. The van der Waals surface area contributed by atoms with Crippen molar-refractivity contribution in [2.45, 2.75) is 114 Å². The standard InChI is InChI=1S/C41H53N7O10S2/c1-23(2)42-38-44-32(22-59-38)31-18-24-17-26(55-6)10-13-29(24)35(43-31)57-27-19-33-34(49)46-41(37(51)47-60(53,54)28-11-12-28)20-25(41)9-7-8-15-56-16-14-30(36(50)48(33)21-27)45-39(52)58-40(3,4)5/h7,9-10,13,17-18,22-23,25,27-28,30,33H,8,11-12,14-16,19-21H2,1-6H3,(H,42,44)(H,45,52)(H,46,49)(H,47,51)/b9-7-/t25-,27-,30+,33+,41-/m1/s1. The van der Waals surface area contributed by atoms with Crippen molar-refractivity contribution >= 4 is 61.1 Å². The quantitative estimate of drug-likeness (QED) is 0.210. The van der Waals surface area contributed by atoms with Gasteiger partial charge in [-0.1, -0.05) is 12.2 Å². The number of rotatable bonds is 10. The lowest BCUT2D eigenvalue weighted by atomic mass is 10.1. The number of carbonyl (C=O) groups excluding carboxylic acids is 4. The number of thiazole rings is 1. The number of fused-ring (bicyclic) bond motifs is 3. The SMILES string of the molecule is COc1ccc2c(O[C@@H]3C[C@H]4C(=O)N[C@]5(C(=O)NS(=O)(=O)C6CC6)C[C@H]5/C=C\CCOCC[C@H](NC(=O)OC(C)(C)C)C(=O)N4C3)nc(-c3csc(NC(C)C)n3)cc2c1. The molecule has 2 aliphatic heterocycles. The molecule has 60 heavy (non-hydrogen) atoms. The first-order valence-corrected chi connectivity index (χ1v) is 22.7. The molecule has 0 bridgehead atoms. The number of hydrogen-bond donors (Lipinski definition) is 4. The fourth-order valence-electron chi connectivity index (χ4n) is 7.38. The van der Waals surface area contributed by atoms with Gasteiger partial charge in [0.25, 0.3) is 5.91 Å². The summed E-state index contributed by atoms with van der Waals surface area (Å²) in [5, 5.41) is 12.2. The maximum Gasteiger partial charge on any atom is 0.408 e. The minimum Gasteiger partial charge on any atom is -0.497 e. The molecule has 5 atom stereocenters. The topological polar surface area (TPSA) is 216 Å². The zero-order valence-electron chi connectivity index (χ0n) is 34.6. The molecule has 4 heterocycles. The summed E-state index contributed by atoms with van der Waals surface area (Å²) in [7, 11) is -2.36. The Hall–Kier alpha value is -5.01. The van der Waals surface area contributed by atoms with Gasteiger partial charge in [-0.3, -0.25) is 19.1 Å². The molecule has 19 heteroatoms. The fraction of sp³-hybridized carbons (Fsp3) is 0.561. The van der Waals surface area contributed by atoms with E-state index in [4.69, 9.17) is 28.9 Å². The average Bonchev–Trinajstić information content (AvgIpc) is 4.06. The molecule has 3 aromatic rings. The Labute approximate surface area is 353 Å². The second-order valence-corrected chi connectivity index (χ2v) is 19.8. The largest absolute Gasteiger partial charge is 0.497 e. The molecule has 4 N–H and O–H groups in total. The Bertz CT molecular complexity index is 2270. The first-order valence-electron chi connectivity index (χ1n) is 20.2. The fourth-order valence-corrected chi connectivity index (χ4v) is 9.59. The van der Waals surface area contributed by atoms with E-state index in [0.717, 1.165) is 10.5 Å². The minimum atomic E-state index is -3.94. The van der Waals surface area contributed by atoms with E-state index in [-0.39, 0.29) is 50.9 Å². The van der Waals surface area contributed by atoms with Crippen LogP contribution in [0.1, 0.15) is 73.1 Å². The summed E-state index contributed by atoms with van der Waals surface area (Å²) in [4.78, 5) is 67.1. The van der Waals surface area contributed by atoms with Crippen LogP contribution in [0.5, 0.6) is 11.6 Å². The van der Waals surface area contributed by atoms with Gasteiger partial charge in [0.2, 0.25) is 27.7 Å². The molecule has 0 spiro atoms. The number of carbonyl (C=O) groups is 4. The number of amides is 4. The van der Waals surface area contributed by atoms with Crippen LogP contribution in [0.4, 0.5) is 9.93 Å². The molecule has 0 radical (unpaired) electrons. The molecule has 4 amide bonds. The highest BCUT2D eigenvalue weighted by Gasteiger charge is 2.62. The van der Waals surface area contributed by atoms with Gasteiger partial charge in [0.1, 0.15) is 40.8 Å². The molecule has 1 saturated heterocycles. The van der Waals surface area contributed by atoms with Crippen LogP contribution >= 0.6 is 11.3 Å². The molecule has 3 fully saturated rings. The van der Waals surface area contributed by atoms with Crippen molar-refractivity contribution in [2.24, 2.45) is 5.92 Å². The molecule has 324 valence electrons. The summed E-state index contributed by atoms with van der Waals surface area (Å²) in [6.07, 6.45) is 3.56. The number of sulfonamides is 1. The summed E-state index contributed by atoms with van der Waals surface area (Å²) in [6.45, 7) is 9.45. The normalized spacial score (nSPS) is 25.6. The molecule has 2 aromatic heterocycles. The highest BCUT2D eigenvalue weighted by atomic mass is 32.2. The van der Waals surface area contributed by atoms with Gasteiger partial charge in [-0.15, -0.1) is 11.3 Å². The molecule has 4 aliphatic rings. The van der Waals surface area contributed by atoms with E-state index in [0.29, 0.717) is 41.8 Å². The van der Waals surface area contributed by atoms with E-state index in [1.54, 1.807) is 40.0 Å². The summed E-state index contributed by atoms with van der Waals surface area (Å²) in [5.41, 5.74) is -1.28. The highest BCUT2D eigenvalue weighted by molar-refractivity contribution is 7.91. The Morgan fingerprint density at radius 2 is 1.87 bits per heavy atom. The molecule has 1 aromatic carbocycles. The molecule has 2 saturated carbocycles. The summed E-state index contributed by atoms with van der Waals surface area (Å²) < 4.78 is 51.6. The van der Waals surface area contributed by atoms with Crippen LogP contribution in [0, 0.1) is 5.92 Å². The molecule has 0 unspecified atom stereocenters. The summed E-state index contributed by atoms with van der Waals surface area (Å²) >= 11 is 1.44. The van der Waals surface area contributed by atoms with Crippen molar-refractivity contribution in [1.29, 1.82) is 0 Å². The smallest absolute Gasteiger partial charge is 0.408 e. The van der Waals surface area contributed by atoms with Crippen molar-refractivity contribution in [3.05, 3.63) is 41.8 Å². The number of nitrogens with one attached hydrogen (secondary N) is 4. The zero-order chi connectivity index (χ0) is 43.0. The van der Waals surface area contributed by atoms with E-state index in [1.165, 1.54) is 16.2 Å². The van der Waals surface area contributed by atoms with Crippen LogP contribution in [-0.4, -0.2) is 115 Å². The average molecular weight is 868 g/mol. The molecule has 2 aliphatic carbocycles. The van der Waals surface area contributed by atoms with Crippen molar-refractivity contribution in [3.8, 4) is 23.0 Å².